The average molecular weight is 639 g/mol. The van der Waals surface area contributed by atoms with Gasteiger partial charge in [0.1, 0.15) is 17.3 Å². The molecule has 3 N–H and O–H groups in total. The number of carbonyl (C=O) groups is 1. The Hall–Kier alpha value is -4.12. The van der Waals surface area contributed by atoms with Crippen LogP contribution in [0.15, 0.2) is 91.0 Å². The number of nitrogens with zero attached hydrogens (tertiary/aromatic N) is 1. The molecule has 0 spiro atoms. The summed E-state index contributed by atoms with van der Waals surface area (Å²) in [4.78, 5) is 15.3. The first-order valence-corrected chi connectivity index (χ1v) is 16.0. The van der Waals surface area contributed by atoms with Crippen LogP contribution in [0.2, 0.25) is 0 Å². The molecule has 4 aromatic rings. The van der Waals surface area contributed by atoms with Crippen molar-refractivity contribution in [3.8, 4) is 11.5 Å². The molecule has 0 saturated carbocycles. The summed E-state index contributed by atoms with van der Waals surface area (Å²) in [6.45, 7) is 4.69. The van der Waals surface area contributed by atoms with Crippen molar-refractivity contribution in [1.29, 1.82) is 0 Å². The number of anilines is 3. The number of nitrogens with one attached hydrogen (secondary N) is 3. The van der Waals surface area contributed by atoms with Gasteiger partial charge in [0.05, 0.1) is 6.26 Å². The van der Waals surface area contributed by atoms with Gasteiger partial charge in [0.2, 0.25) is 10.0 Å². The van der Waals surface area contributed by atoms with Gasteiger partial charge >= 0.3 is 0 Å². The third-order valence-corrected chi connectivity index (χ3v) is 7.96. The van der Waals surface area contributed by atoms with E-state index in [1.807, 2.05) is 31.2 Å². The Labute approximate surface area is 264 Å². The summed E-state index contributed by atoms with van der Waals surface area (Å²) < 4.78 is 44.3. The van der Waals surface area contributed by atoms with Gasteiger partial charge in [-0.05, 0) is 104 Å². The summed E-state index contributed by atoms with van der Waals surface area (Å²) in [5, 5.41) is 6.48. The molecule has 1 heterocycles. The molecule has 0 radical (unpaired) electrons. The van der Waals surface area contributed by atoms with Crippen LogP contribution in [0.5, 0.6) is 11.5 Å². The number of ether oxygens (including phenoxy) is 1. The van der Waals surface area contributed by atoms with Crippen LogP contribution in [0.4, 0.5) is 21.5 Å². The standard InChI is InChI=1S/C33H35FN4O4S.ClH/c1-23-31(33(39)36-26-10-8-25(34)9-11-26)4-3-5-32(23)35-27-18-20-38(21-19-27)22-24-6-14-29(15-7-24)42-30-16-12-28(13-17-30)37-43(2,40)41;/h3-17,27,35,37H,18-22H2,1-2H3,(H,36,39);1H. The van der Waals surface area contributed by atoms with Gasteiger partial charge in [-0.3, -0.25) is 14.4 Å². The fourth-order valence-electron chi connectivity index (χ4n) is 5.09. The predicted molar refractivity (Wildman–Crippen MR) is 176 cm³/mol. The van der Waals surface area contributed by atoms with Crippen molar-refractivity contribution in [3.05, 3.63) is 114 Å². The molecule has 1 aliphatic rings. The smallest absolute Gasteiger partial charge is 0.256 e. The molecule has 232 valence electrons. The number of halogens is 2. The highest BCUT2D eigenvalue weighted by Gasteiger charge is 2.21. The Morgan fingerprint density at radius 1 is 0.886 bits per heavy atom. The zero-order chi connectivity index (χ0) is 30.4. The monoisotopic (exact) mass is 638 g/mol. The van der Waals surface area contributed by atoms with E-state index in [1.54, 1.807) is 42.5 Å². The van der Waals surface area contributed by atoms with E-state index in [-0.39, 0.29) is 24.1 Å². The van der Waals surface area contributed by atoms with Crippen molar-refractivity contribution >= 4 is 45.4 Å². The molecule has 8 nitrogen and oxygen atoms in total. The number of hydrogen-bond donors (Lipinski definition) is 3. The molecular formula is C33H36ClFN4O4S. The number of carbonyl (C=O) groups excluding carboxylic acids is 1. The first-order chi connectivity index (χ1) is 20.6. The summed E-state index contributed by atoms with van der Waals surface area (Å²) in [5.74, 6) is 0.760. The lowest BCUT2D eigenvalue weighted by atomic mass is 10.0. The molecule has 5 rings (SSSR count). The molecule has 1 saturated heterocycles. The van der Waals surface area contributed by atoms with Crippen LogP contribution in [-0.4, -0.2) is 44.6 Å². The van der Waals surface area contributed by atoms with E-state index < -0.39 is 10.0 Å². The molecule has 11 heteroatoms. The van der Waals surface area contributed by atoms with Gasteiger partial charge < -0.3 is 15.4 Å². The van der Waals surface area contributed by atoms with Crippen molar-refractivity contribution in [2.75, 3.05) is 34.7 Å². The van der Waals surface area contributed by atoms with E-state index in [0.29, 0.717) is 34.5 Å². The minimum absolute atomic E-state index is 0. The van der Waals surface area contributed by atoms with Crippen LogP contribution < -0.4 is 20.1 Å². The van der Waals surface area contributed by atoms with E-state index in [4.69, 9.17) is 4.74 Å². The Morgan fingerprint density at radius 2 is 1.48 bits per heavy atom. The largest absolute Gasteiger partial charge is 0.457 e. The summed E-state index contributed by atoms with van der Waals surface area (Å²) >= 11 is 0. The highest BCUT2D eigenvalue weighted by atomic mass is 35.5. The maximum absolute atomic E-state index is 13.2. The van der Waals surface area contributed by atoms with E-state index in [9.17, 15) is 17.6 Å². The number of amides is 1. The van der Waals surface area contributed by atoms with E-state index >= 15 is 0 Å². The van der Waals surface area contributed by atoms with Crippen LogP contribution in [0.25, 0.3) is 0 Å². The fourth-order valence-corrected chi connectivity index (χ4v) is 5.65. The van der Waals surface area contributed by atoms with Crippen molar-refractivity contribution in [1.82, 2.24) is 4.90 Å². The lowest BCUT2D eigenvalue weighted by molar-refractivity contribution is 0.102. The Kier molecular flexibility index (Phi) is 10.9. The summed E-state index contributed by atoms with van der Waals surface area (Å²) in [6, 6.07) is 26.5. The first kappa shape index (κ1) is 32.8. The van der Waals surface area contributed by atoms with E-state index in [1.165, 1.54) is 17.7 Å². The maximum atomic E-state index is 13.2. The lowest BCUT2D eigenvalue weighted by Gasteiger charge is -2.33. The predicted octanol–water partition coefficient (Wildman–Crippen LogP) is 7.05. The van der Waals surface area contributed by atoms with Gasteiger partial charge in [-0.25, -0.2) is 12.8 Å². The normalized spacial score (nSPS) is 13.9. The second-order valence-electron chi connectivity index (χ2n) is 10.8. The molecule has 0 aromatic heterocycles. The summed E-state index contributed by atoms with van der Waals surface area (Å²) in [5.41, 5.74) is 4.64. The van der Waals surface area contributed by atoms with Crippen LogP contribution in [0.3, 0.4) is 0 Å². The number of likely N-dealkylation sites (tertiary alicyclic amines) is 1. The number of hydrogen-bond acceptors (Lipinski definition) is 6. The zero-order valence-electron chi connectivity index (χ0n) is 24.5. The molecule has 1 fully saturated rings. The van der Waals surface area contributed by atoms with Gasteiger partial charge in [0, 0.05) is 48.3 Å². The fraction of sp³-hybridized carbons (Fsp3) is 0.242. The van der Waals surface area contributed by atoms with Crippen molar-refractivity contribution in [2.24, 2.45) is 0 Å². The van der Waals surface area contributed by atoms with Crippen LogP contribution in [-0.2, 0) is 16.6 Å². The molecule has 1 aliphatic heterocycles. The van der Waals surface area contributed by atoms with Gasteiger partial charge in [0.25, 0.3) is 5.91 Å². The highest BCUT2D eigenvalue weighted by molar-refractivity contribution is 7.92. The van der Waals surface area contributed by atoms with Crippen molar-refractivity contribution in [3.63, 3.8) is 0 Å². The number of sulfonamides is 1. The van der Waals surface area contributed by atoms with E-state index in [2.05, 4.69) is 32.4 Å². The maximum Gasteiger partial charge on any atom is 0.256 e. The third kappa shape index (κ3) is 9.19. The molecule has 1 amide bonds. The third-order valence-electron chi connectivity index (χ3n) is 7.35. The van der Waals surface area contributed by atoms with Crippen LogP contribution in [0.1, 0.15) is 34.3 Å². The van der Waals surface area contributed by atoms with Crippen LogP contribution >= 0.6 is 12.4 Å². The molecule has 0 aliphatic carbocycles. The molecule has 44 heavy (non-hydrogen) atoms. The number of piperidine rings is 1. The summed E-state index contributed by atoms with van der Waals surface area (Å²) in [6.07, 6.45) is 3.08. The molecular weight excluding hydrogens is 603 g/mol. The van der Waals surface area contributed by atoms with Crippen LogP contribution in [0, 0.1) is 12.7 Å². The molecule has 0 unspecified atom stereocenters. The Bertz CT molecular complexity index is 1660. The topological polar surface area (TPSA) is 99.8 Å². The van der Waals surface area contributed by atoms with Gasteiger partial charge in [-0.1, -0.05) is 18.2 Å². The second kappa shape index (κ2) is 14.6. The molecule has 0 bridgehead atoms. The van der Waals surface area contributed by atoms with Gasteiger partial charge in [0.15, 0.2) is 0 Å². The molecule has 4 aromatic carbocycles. The minimum Gasteiger partial charge on any atom is -0.457 e. The number of rotatable bonds is 10. The van der Waals surface area contributed by atoms with E-state index in [0.717, 1.165) is 50.0 Å². The van der Waals surface area contributed by atoms with Gasteiger partial charge in [-0.2, -0.15) is 0 Å². The molecule has 0 atom stereocenters. The number of benzene rings is 4. The quantitative estimate of drug-likeness (QED) is 0.172. The van der Waals surface area contributed by atoms with Gasteiger partial charge in [-0.15, -0.1) is 12.4 Å². The Morgan fingerprint density at radius 3 is 2.09 bits per heavy atom. The minimum atomic E-state index is -3.32. The second-order valence-corrected chi connectivity index (χ2v) is 12.5. The highest BCUT2D eigenvalue weighted by Crippen LogP contribution is 2.26. The lowest BCUT2D eigenvalue weighted by Crippen LogP contribution is -2.38. The average Bonchev–Trinajstić information content (AvgIpc) is 2.97. The first-order valence-electron chi connectivity index (χ1n) is 14.1. The van der Waals surface area contributed by atoms with Crippen molar-refractivity contribution in [2.45, 2.75) is 32.4 Å². The van der Waals surface area contributed by atoms with Crippen molar-refractivity contribution < 1.29 is 22.3 Å². The SMILES string of the molecule is Cc1c(NC2CCN(Cc3ccc(Oc4ccc(NS(C)(=O)=O)cc4)cc3)CC2)cccc1C(=O)Nc1ccc(F)cc1.Cl. The Balaban J connectivity index is 0.00000442. The zero-order valence-corrected chi connectivity index (χ0v) is 26.2. The summed E-state index contributed by atoms with van der Waals surface area (Å²) in [7, 11) is -3.32.